The fourth-order valence-electron chi connectivity index (χ4n) is 4.61. The molecule has 0 aromatic heterocycles. The summed E-state index contributed by atoms with van der Waals surface area (Å²) in [6.45, 7) is 5.64. The largest absolute Gasteiger partial charge is 0.496 e. The van der Waals surface area contributed by atoms with E-state index >= 15 is 0 Å². The fraction of sp³-hybridized carbons (Fsp3) is 0.333. The Balaban J connectivity index is 1.88. The average Bonchev–Trinajstić information content (AvgIpc) is 2.99. The maximum absolute atomic E-state index is 13.7. The van der Waals surface area contributed by atoms with Crippen LogP contribution in [-0.4, -0.2) is 36.9 Å². The van der Waals surface area contributed by atoms with Crippen molar-refractivity contribution < 1.29 is 18.7 Å². The number of carbonyl (C=O) groups excluding carboxylic acids is 2. The first-order chi connectivity index (χ1) is 14.8. The number of likely N-dealkylation sites (tertiary alicyclic amines) is 1. The SMILES string of the molecule is COc1ccccc1C1=C(N2CC(C)CC(C)C2)C(=O)N(c2ccc(F)c(Cl)c2)C1=O. The molecule has 5 nitrogen and oxygen atoms in total. The van der Waals surface area contributed by atoms with E-state index in [2.05, 4.69) is 13.8 Å². The summed E-state index contributed by atoms with van der Waals surface area (Å²) in [4.78, 5) is 30.3. The predicted octanol–water partition coefficient (Wildman–Crippen LogP) is 4.75. The van der Waals surface area contributed by atoms with Crippen molar-refractivity contribution in [3.05, 3.63) is 64.6 Å². The molecule has 2 unspecified atom stereocenters. The highest BCUT2D eigenvalue weighted by atomic mass is 35.5. The number of ether oxygens (including phenoxy) is 1. The molecule has 0 aliphatic carbocycles. The maximum atomic E-state index is 13.7. The summed E-state index contributed by atoms with van der Waals surface area (Å²) >= 11 is 5.94. The Hall–Kier alpha value is -2.86. The molecule has 162 valence electrons. The fourth-order valence-corrected chi connectivity index (χ4v) is 4.78. The smallest absolute Gasteiger partial charge is 0.282 e. The van der Waals surface area contributed by atoms with Crippen molar-refractivity contribution in [1.29, 1.82) is 0 Å². The lowest BCUT2D eigenvalue weighted by Gasteiger charge is -2.37. The lowest BCUT2D eigenvalue weighted by molar-refractivity contribution is -0.120. The first-order valence-corrected chi connectivity index (χ1v) is 10.7. The zero-order valence-electron chi connectivity index (χ0n) is 17.7. The number of methoxy groups -OCH3 is 1. The van der Waals surface area contributed by atoms with Crippen LogP contribution in [0.3, 0.4) is 0 Å². The molecule has 7 heteroatoms. The Morgan fingerprint density at radius 2 is 1.71 bits per heavy atom. The Morgan fingerprint density at radius 3 is 2.35 bits per heavy atom. The quantitative estimate of drug-likeness (QED) is 0.641. The number of halogens is 2. The van der Waals surface area contributed by atoms with Gasteiger partial charge in [-0.05, 0) is 42.5 Å². The number of benzene rings is 2. The van der Waals surface area contributed by atoms with Gasteiger partial charge < -0.3 is 9.64 Å². The van der Waals surface area contributed by atoms with Gasteiger partial charge in [0, 0.05) is 18.7 Å². The molecule has 1 saturated heterocycles. The standard InChI is InChI=1S/C24H24ClFN2O3/c1-14-10-15(2)13-27(12-14)22-21(17-6-4-5-7-20(17)31-3)23(29)28(24(22)30)16-8-9-19(26)18(25)11-16/h4-9,11,14-15H,10,12-13H2,1-3H3. The summed E-state index contributed by atoms with van der Waals surface area (Å²) in [5.74, 6) is -0.248. The first-order valence-electron chi connectivity index (χ1n) is 10.3. The van der Waals surface area contributed by atoms with Crippen molar-refractivity contribution in [1.82, 2.24) is 4.90 Å². The molecule has 2 aromatic carbocycles. The minimum Gasteiger partial charge on any atom is -0.496 e. The van der Waals surface area contributed by atoms with E-state index in [-0.39, 0.29) is 10.7 Å². The molecule has 2 aromatic rings. The molecule has 0 N–H and O–H groups in total. The molecule has 4 rings (SSSR count). The first kappa shape index (κ1) is 21.4. The van der Waals surface area contributed by atoms with Gasteiger partial charge in [-0.3, -0.25) is 9.59 Å². The van der Waals surface area contributed by atoms with Crippen LogP contribution >= 0.6 is 11.6 Å². The minimum atomic E-state index is -0.610. The second-order valence-corrected chi connectivity index (χ2v) is 8.73. The maximum Gasteiger partial charge on any atom is 0.282 e. The van der Waals surface area contributed by atoms with Crippen molar-refractivity contribution in [3.63, 3.8) is 0 Å². The van der Waals surface area contributed by atoms with E-state index in [4.69, 9.17) is 16.3 Å². The molecule has 0 spiro atoms. The Bertz CT molecular complexity index is 1070. The van der Waals surface area contributed by atoms with Crippen molar-refractivity contribution in [2.45, 2.75) is 20.3 Å². The van der Waals surface area contributed by atoms with E-state index in [1.54, 1.807) is 18.2 Å². The van der Waals surface area contributed by atoms with Gasteiger partial charge in [-0.15, -0.1) is 0 Å². The summed E-state index contributed by atoms with van der Waals surface area (Å²) in [6.07, 6.45) is 1.06. The lowest BCUT2D eigenvalue weighted by Crippen LogP contribution is -2.42. The van der Waals surface area contributed by atoms with Crippen LogP contribution in [0.5, 0.6) is 5.75 Å². The highest BCUT2D eigenvalue weighted by Crippen LogP contribution is 2.40. The molecular formula is C24H24ClFN2O3. The van der Waals surface area contributed by atoms with Crippen LogP contribution in [0.25, 0.3) is 5.57 Å². The molecule has 2 aliphatic heterocycles. The molecule has 2 aliphatic rings. The molecule has 0 saturated carbocycles. The number of imide groups is 1. The molecule has 2 amide bonds. The van der Waals surface area contributed by atoms with Crippen LogP contribution < -0.4 is 9.64 Å². The second-order valence-electron chi connectivity index (χ2n) is 8.32. The van der Waals surface area contributed by atoms with Gasteiger partial charge >= 0.3 is 0 Å². The van der Waals surface area contributed by atoms with Crippen LogP contribution in [0.1, 0.15) is 25.8 Å². The average molecular weight is 443 g/mol. The minimum absolute atomic E-state index is 0.148. The predicted molar refractivity (Wildman–Crippen MR) is 118 cm³/mol. The van der Waals surface area contributed by atoms with E-state index < -0.39 is 17.6 Å². The summed E-state index contributed by atoms with van der Waals surface area (Å²) in [5.41, 5.74) is 1.44. The Morgan fingerprint density at radius 1 is 1.03 bits per heavy atom. The number of piperidine rings is 1. The number of rotatable bonds is 4. The zero-order chi connectivity index (χ0) is 22.3. The summed E-state index contributed by atoms with van der Waals surface area (Å²) in [6, 6.07) is 11.0. The summed E-state index contributed by atoms with van der Waals surface area (Å²) < 4.78 is 19.2. The third-order valence-electron chi connectivity index (χ3n) is 5.78. The van der Waals surface area contributed by atoms with Crippen molar-refractivity contribution >= 4 is 34.7 Å². The van der Waals surface area contributed by atoms with Crippen molar-refractivity contribution in [2.24, 2.45) is 11.8 Å². The number of amides is 2. The van der Waals surface area contributed by atoms with Gasteiger partial charge in [0.15, 0.2) is 0 Å². The van der Waals surface area contributed by atoms with Gasteiger partial charge in [0.25, 0.3) is 11.8 Å². The van der Waals surface area contributed by atoms with Crippen LogP contribution in [0, 0.1) is 17.7 Å². The van der Waals surface area contributed by atoms with Gasteiger partial charge in [0.2, 0.25) is 0 Å². The third kappa shape index (κ3) is 3.81. The molecular weight excluding hydrogens is 419 g/mol. The number of para-hydroxylation sites is 1. The third-order valence-corrected chi connectivity index (χ3v) is 6.07. The van der Waals surface area contributed by atoms with Gasteiger partial charge in [0.05, 0.1) is 23.4 Å². The van der Waals surface area contributed by atoms with Gasteiger partial charge in [-0.1, -0.05) is 43.6 Å². The van der Waals surface area contributed by atoms with Gasteiger partial charge in [-0.2, -0.15) is 0 Å². The number of hydrogen-bond donors (Lipinski definition) is 0. The monoisotopic (exact) mass is 442 g/mol. The lowest BCUT2D eigenvalue weighted by atomic mass is 9.91. The van der Waals surface area contributed by atoms with Gasteiger partial charge in [0.1, 0.15) is 17.3 Å². The van der Waals surface area contributed by atoms with Crippen molar-refractivity contribution in [3.8, 4) is 5.75 Å². The molecule has 2 heterocycles. The van der Waals surface area contributed by atoms with E-state index in [1.165, 1.54) is 19.2 Å². The summed E-state index contributed by atoms with van der Waals surface area (Å²) in [7, 11) is 1.53. The van der Waals surface area contributed by atoms with E-state index in [0.717, 1.165) is 17.4 Å². The van der Waals surface area contributed by atoms with Gasteiger partial charge in [-0.25, -0.2) is 9.29 Å². The highest BCUT2D eigenvalue weighted by molar-refractivity contribution is 6.46. The van der Waals surface area contributed by atoms with Crippen LogP contribution in [0.2, 0.25) is 5.02 Å². The van der Waals surface area contributed by atoms with E-state index in [1.807, 2.05) is 11.0 Å². The highest BCUT2D eigenvalue weighted by Gasteiger charge is 2.44. The molecule has 2 atom stereocenters. The zero-order valence-corrected chi connectivity index (χ0v) is 18.4. The molecule has 0 bridgehead atoms. The topological polar surface area (TPSA) is 49.9 Å². The van der Waals surface area contributed by atoms with Crippen LogP contribution in [-0.2, 0) is 9.59 Å². The molecule has 1 fully saturated rings. The van der Waals surface area contributed by atoms with Crippen LogP contribution in [0.4, 0.5) is 10.1 Å². The van der Waals surface area contributed by atoms with Crippen molar-refractivity contribution in [2.75, 3.05) is 25.1 Å². The number of nitrogens with zero attached hydrogens (tertiary/aromatic N) is 2. The number of anilines is 1. The second kappa shape index (κ2) is 8.35. The molecule has 0 radical (unpaired) electrons. The van der Waals surface area contributed by atoms with Crippen LogP contribution in [0.15, 0.2) is 48.2 Å². The van der Waals surface area contributed by atoms with E-state index in [9.17, 15) is 14.0 Å². The Kier molecular flexibility index (Phi) is 5.75. The molecule has 31 heavy (non-hydrogen) atoms. The normalized spacial score (nSPS) is 21.8. The summed E-state index contributed by atoms with van der Waals surface area (Å²) in [5, 5.41) is -0.148. The number of hydrogen-bond acceptors (Lipinski definition) is 4. The van der Waals surface area contributed by atoms with E-state index in [0.29, 0.717) is 47.5 Å². The Labute approximate surface area is 186 Å². The number of carbonyl (C=O) groups is 2.